The molecule has 2 aliphatic heterocycles. The fourth-order valence-corrected chi connectivity index (χ4v) is 3.27. The van der Waals surface area contributed by atoms with E-state index in [1.165, 1.54) is 5.56 Å². The predicted octanol–water partition coefficient (Wildman–Crippen LogP) is 1.47. The van der Waals surface area contributed by atoms with Crippen LogP contribution in [-0.2, 0) is 11.2 Å². The van der Waals surface area contributed by atoms with Gasteiger partial charge >= 0.3 is 6.09 Å². The summed E-state index contributed by atoms with van der Waals surface area (Å²) < 4.78 is 5.46. The molecule has 1 fully saturated rings. The van der Waals surface area contributed by atoms with Crippen molar-refractivity contribution in [2.24, 2.45) is 0 Å². The number of pyridine rings is 1. The molecule has 0 unspecified atom stereocenters. The van der Waals surface area contributed by atoms with Crippen molar-refractivity contribution in [2.75, 3.05) is 43.0 Å². The van der Waals surface area contributed by atoms with Crippen LogP contribution < -0.4 is 10.2 Å². The Bertz CT molecular complexity index is 614. The van der Waals surface area contributed by atoms with Gasteiger partial charge in [-0.05, 0) is 33.3 Å². The molecule has 0 radical (unpaired) electrons. The average molecular weight is 334 g/mol. The van der Waals surface area contributed by atoms with Gasteiger partial charge in [0.2, 0.25) is 0 Å². The number of carbonyl (C=O) groups is 1. The highest BCUT2D eigenvalue weighted by molar-refractivity contribution is 5.70. The van der Waals surface area contributed by atoms with Crippen LogP contribution in [0.2, 0.25) is 0 Å². The molecule has 1 aromatic rings. The van der Waals surface area contributed by atoms with Crippen LogP contribution in [0.3, 0.4) is 0 Å². The molecule has 2 N–H and O–H groups in total. The fourth-order valence-electron chi connectivity index (χ4n) is 3.27. The molecule has 132 valence electrons. The first kappa shape index (κ1) is 16.8. The summed E-state index contributed by atoms with van der Waals surface area (Å²) in [6.07, 6.45) is 2.40. The van der Waals surface area contributed by atoms with Crippen LogP contribution in [0.5, 0.6) is 0 Å². The predicted molar refractivity (Wildman–Crippen MR) is 92.5 cm³/mol. The van der Waals surface area contributed by atoms with Gasteiger partial charge in [0.15, 0.2) is 0 Å². The van der Waals surface area contributed by atoms with E-state index >= 15 is 0 Å². The Hall–Kier alpha value is -2.02. The first-order chi connectivity index (χ1) is 11.4. The Kier molecular flexibility index (Phi) is 4.54. The van der Waals surface area contributed by atoms with E-state index in [0.717, 1.165) is 24.5 Å². The molecule has 0 aromatic carbocycles. The van der Waals surface area contributed by atoms with Crippen molar-refractivity contribution in [2.45, 2.75) is 38.8 Å². The Morgan fingerprint density at radius 2 is 2.25 bits per heavy atom. The molecule has 1 atom stereocenters. The monoisotopic (exact) mass is 334 g/mol. The summed E-state index contributed by atoms with van der Waals surface area (Å²) in [5.74, 6) is 0.947. The van der Waals surface area contributed by atoms with Gasteiger partial charge in [0.1, 0.15) is 11.4 Å². The number of carbonyl (C=O) groups excluding carboxylic acids is 1. The molecule has 1 saturated heterocycles. The van der Waals surface area contributed by atoms with E-state index in [2.05, 4.69) is 15.2 Å². The van der Waals surface area contributed by atoms with E-state index in [-0.39, 0.29) is 18.7 Å². The number of ether oxygens (including phenoxy) is 1. The lowest BCUT2D eigenvalue weighted by Gasteiger charge is -2.42. The molecular weight excluding hydrogens is 308 g/mol. The van der Waals surface area contributed by atoms with Gasteiger partial charge in [-0.3, -0.25) is 4.90 Å². The van der Waals surface area contributed by atoms with Gasteiger partial charge in [0, 0.05) is 43.6 Å². The van der Waals surface area contributed by atoms with Crippen molar-refractivity contribution in [1.29, 1.82) is 0 Å². The largest absolute Gasteiger partial charge is 0.444 e. The molecule has 1 amide bonds. The van der Waals surface area contributed by atoms with Crippen molar-refractivity contribution in [3.8, 4) is 0 Å². The van der Waals surface area contributed by atoms with Crippen LogP contribution in [0.1, 0.15) is 26.3 Å². The standard InChI is InChI=1S/C17H26N4O3/c1-17(2,3)24-16(23)21-9-8-20(10-12(21)11-22)14-5-7-19-15-13(14)4-6-18-15/h5,7,12,22H,4,6,8-11H2,1-3H3,(H,18,19)/t12-/m1/s1. The SMILES string of the molecule is CC(C)(C)OC(=O)N1CCN(c2ccnc3c2CCN3)C[C@@H]1CO. The van der Waals surface area contributed by atoms with Gasteiger partial charge in [-0.1, -0.05) is 0 Å². The molecule has 0 bridgehead atoms. The molecule has 1 aromatic heterocycles. The molecule has 3 rings (SSSR count). The Balaban J connectivity index is 1.74. The van der Waals surface area contributed by atoms with Crippen LogP contribution in [0.25, 0.3) is 0 Å². The quantitative estimate of drug-likeness (QED) is 0.853. The third-order valence-corrected chi connectivity index (χ3v) is 4.36. The minimum atomic E-state index is -0.536. The number of amides is 1. The summed E-state index contributed by atoms with van der Waals surface area (Å²) in [6, 6.07) is 1.75. The second kappa shape index (κ2) is 6.47. The van der Waals surface area contributed by atoms with Crippen LogP contribution in [0.4, 0.5) is 16.3 Å². The number of piperazine rings is 1. The van der Waals surface area contributed by atoms with Gasteiger partial charge in [-0.2, -0.15) is 0 Å². The van der Waals surface area contributed by atoms with E-state index in [9.17, 15) is 9.90 Å². The lowest BCUT2D eigenvalue weighted by molar-refractivity contribution is 0.00704. The van der Waals surface area contributed by atoms with Crippen LogP contribution in [-0.4, -0.2) is 65.5 Å². The number of hydrogen-bond acceptors (Lipinski definition) is 6. The van der Waals surface area contributed by atoms with E-state index in [1.807, 2.05) is 26.8 Å². The number of rotatable bonds is 2. The fraction of sp³-hybridized carbons (Fsp3) is 0.647. The van der Waals surface area contributed by atoms with Gasteiger partial charge in [-0.25, -0.2) is 9.78 Å². The zero-order chi connectivity index (χ0) is 17.3. The lowest BCUT2D eigenvalue weighted by atomic mass is 10.1. The average Bonchev–Trinajstić information content (AvgIpc) is 3.01. The second-order valence-corrected chi connectivity index (χ2v) is 7.29. The summed E-state index contributed by atoms with van der Waals surface area (Å²) in [5, 5.41) is 13.1. The number of anilines is 2. The minimum absolute atomic E-state index is 0.0821. The highest BCUT2D eigenvalue weighted by Gasteiger charge is 2.34. The third-order valence-electron chi connectivity index (χ3n) is 4.36. The number of hydrogen-bond donors (Lipinski definition) is 2. The lowest BCUT2D eigenvalue weighted by Crippen LogP contribution is -2.57. The van der Waals surface area contributed by atoms with E-state index in [0.29, 0.717) is 19.6 Å². The maximum atomic E-state index is 12.4. The third kappa shape index (κ3) is 3.40. The maximum Gasteiger partial charge on any atom is 0.410 e. The summed E-state index contributed by atoms with van der Waals surface area (Å²) in [7, 11) is 0. The highest BCUT2D eigenvalue weighted by atomic mass is 16.6. The number of nitrogens with zero attached hydrogens (tertiary/aromatic N) is 3. The first-order valence-electron chi connectivity index (χ1n) is 8.46. The second-order valence-electron chi connectivity index (χ2n) is 7.29. The summed E-state index contributed by atoms with van der Waals surface area (Å²) in [4.78, 5) is 20.6. The van der Waals surface area contributed by atoms with E-state index < -0.39 is 5.60 Å². The van der Waals surface area contributed by atoms with Crippen molar-refractivity contribution in [3.05, 3.63) is 17.8 Å². The number of aliphatic hydroxyl groups is 1. The Morgan fingerprint density at radius 3 is 2.96 bits per heavy atom. The normalized spacial score (nSPS) is 20.6. The summed E-state index contributed by atoms with van der Waals surface area (Å²) >= 11 is 0. The van der Waals surface area contributed by atoms with Gasteiger partial charge < -0.3 is 20.1 Å². The zero-order valence-corrected chi connectivity index (χ0v) is 14.6. The Labute approximate surface area is 142 Å². The molecule has 24 heavy (non-hydrogen) atoms. The van der Waals surface area contributed by atoms with Crippen LogP contribution >= 0.6 is 0 Å². The maximum absolute atomic E-state index is 12.4. The smallest absolute Gasteiger partial charge is 0.410 e. The van der Waals surface area contributed by atoms with Gasteiger partial charge in [0.25, 0.3) is 0 Å². The van der Waals surface area contributed by atoms with Gasteiger partial charge in [-0.15, -0.1) is 0 Å². The summed E-state index contributed by atoms with van der Waals surface area (Å²) in [5.41, 5.74) is 1.83. The molecule has 7 heteroatoms. The Morgan fingerprint density at radius 1 is 1.46 bits per heavy atom. The summed E-state index contributed by atoms with van der Waals surface area (Å²) in [6.45, 7) is 8.21. The molecule has 7 nitrogen and oxygen atoms in total. The van der Waals surface area contributed by atoms with E-state index in [4.69, 9.17) is 4.74 Å². The number of nitrogens with one attached hydrogen (secondary N) is 1. The van der Waals surface area contributed by atoms with Crippen LogP contribution in [0.15, 0.2) is 12.3 Å². The minimum Gasteiger partial charge on any atom is -0.444 e. The number of fused-ring (bicyclic) bond motifs is 1. The topological polar surface area (TPSA) is 77.9 Å². The molecule has 0 aliphatic carbocycles. The molecule has 0 spiro atoms. The molecule has 2 aliphatic rings. The molecule has 3 heterocycles. The van der Waals surface area contributed by atoms with E-state index in [1.54, 1.807) is 11.1 Å². The van der Waals surface area contributed by atoms with Crippen LogP contribution in [0, 0.1) is 0 Å². The number of aliphatic hydroxyl groups excluding tert-OH is 1. The molecular formula is C17H26N4O3. The zero-order valence-electron chi connectivity index (χ0n) is 14.6. The van der Waals surface area contributed by atoms with Crippen molar-refractivity contribution < 1.29 is 14.6 Å². The van der Waals surface area contributed by atoms with Crippen molar-refractivity contribution in [1.82, 2.24) is 9.88 Å². The van der Waals surface area contributed by atoms with Crippen molar-refractivity contribution in [3.63, 3.8) is 0 Å². The highest BCUT2D eigenvalue weighted by Crippen LogP contribution is 2.31. The molecule has 0 saturated carbocycles. The first-order valence-corrected chi connectivity index (χ1v) is 8.46. The van der Waals surface area contributed by atoms with Gasteiger partial charge in [0.05, 0.1) is 12.6 Å². The van der Waals surface area contributed by atoms with Crippen molar-refractivity contribution >= 4 is 17.6 Å². The number of aromatic nitrogens is 1.